The highest BCUT2D eigenvalue weighted by molar-refractivity contribution is 7.89. The molecule has 2 rings (SSSR count). The molecule has 142 valence electrons. The zero-order chi connectivity index (χ0) is 19.4. The van der Waals surface area contributed by atoms with Crippen LogP contribution in [0.1, 0.15) is 13.8 Å². The van der Waals surface area contributed by atoms with Crippen LogP contribution in [0, 0.1) is 0 Å². The number of nitrogens with zero attached hydrogens (tertiary/aromatic N) is 2. The summed E-state index contributed by atoms with van der Waals surface area (Å²) in [6, 6.07) is 8.70. The molecule has 0 unspecified atom stereocenters. The van der Waals surface area contributed by atoms with E-state index in [2.05, 4.69) is 15.2 Å². The van der Waals surface area contributed by atoms with E-state index in [-0.39, 0.29) is 20.6 Å². The number of benzene rings is 1. The minimum atomic E-state index is -3.91. The number of pyridine rings is 1. The zero-order valence-corrected chi connectivity index (χ0v) is 16.6. The number of hydrogen-bond donors (Lipinski definition) is 2. The van der Waals surface area contributed by atoms with E-state index in [9.17, 15) is 16.8 Å². The van der Waals surface area contributed by atoms with Crippen molar-refractivity contribution in [1.29, 1.82) is 0 Å². The molecule has 0 bridgehead atoms. The first kappa shape index (κ1) is 20.6. The molecule has 11 heteroatoms. The largest absolute Gasteiger partial charge is 0.292 e. The van der Waals surface area contributed by atoms with Gasteiger partial charge in [-0.25, -0.2) is 21.8 Å². The third-order valence-electron chi connectivity index (χ3n) is 3.52. The van der Waals surface area contributed by atoms with E-state index in [1.54, 1.807) is 26.0 Å². The fraction of sp³-hybridized carbons (Fsp3) is 0.267. The van der Waals surface area contributed by atoms with Crippen molar-refractivity contribution in [2.24, 2.45) is 0 Å². The Kier molecular flexibility index (Phi) is 6.58. The van der Waals surface area contributed by atoms with Gasteiger partial charge in [-0.1, -0.05) is 37.6 Å². The molecular formula is C15H19ClN4O4S2. The van der Waals surface area contributed by atoms with Crippen LogP contribution in [0.4, 0.5) is 5.82 Å². The average molecular weight is 419 g/mol. The highest BCUT2D eigenvalue weighted by Gasteiger charge is 2.22. The third kappa shape index (κ3) is 4.51. The molecule has 0 aliphatic rings. The number of aromatic nitrogens is 1. The molecule has 26 heavy (non-hydrogen) atoms. The second-order valence-electron chi connectivity index (χ2n) is 5.13. The van der Waals surface area contributed by atoms with Crippen LogP contribution >= 0.6 is 11.6 Å². The van der Waals surface area contributed by atoms with Crippen LogP contribution in [0.25, 0.3) is 0 Å². The van der Waals surface area contributed by atoms with Gasteiger partial charge in [0.05, 0.1) is 5.02 Å². The number of halogens is 1. The summed E-state index contributed by atoms with van der Waals surface area (Å²) in [5.74, 6) is 0.138. The molecule has 0 radical (unpaired) electrons. The second-order valence-corrected chi connectivity index (χ2v) is 9.13. The lowest BCUT2D eigenvalue weighted by Gasteiger charge is -2.18. The van der Waals surface area contributed by atoms with Crippen molar-refractivity contribution < 1.29 is 16.8 Å². The summed E-state index contributed by atoms with van der Waals surface area (Å²) >= 11 is 5.88. The molecule has 0 aliphatic carbocycles. The Morgan fingerprint density at radius 2 is 1.69 bits per heavy atom. The SMILES string of the molecule is CCN(CC)S(=O)(=O)c1ccc(NNS(=O)(=O)c2ccccc2Cl)nc1. The predicted molar refractivity (Wildman–Crippen MR) is 99.7 cm³/mol. The molecule has 0 amide bonds. The number of anilines is 1. The normalized spacial score (nSPS) is 12.3. The fourth-order valence-electron chi connectivity index (χ4n) is 2.16. The van der Waals surface area contributed by atoms with Gasteiger partial charge >= 0.3 is 0 Å². The molecule has 0 atom stereocenters. The number of hydrogen-bond acceptors (Lipinski definition) is 6. The molecule has 2 N–H and O–H groups in total. The van der Waals surface area contributed by atoms with Crippen LogP contribution in [0.5, 0.6) is 0 Å². The molecule has 0 saturated heterocycles. The van der Waals surface area contributed by atoms with Gasteiger partial charge in [-0.15, -0.1) is 4.83 Å². The minimum Gasteiger partial charge on any atom is -0.292 e. The van der Waals surface area contributed by atoms with Gasteiger partial charge in [-0.05, 0) is 24.3 Å². The smallest absolute Gasteiger partial charge is 0.258 e. The fourth-order valence-corrected chi connectivity index (χ4v) is 4.93. The number of nitrogens with one attached hydrogen (secondary N) is 2. The van der Waals surface area contributed by atoms with Gasteiger partial charge in [0, 0.05) is 19.3 Å². The predicted octanol–water partition coefficient (Wildman–Crippen LogP) is 2.07. The minimum absolute atomic E-state index is 0.0284. The van der Waals surface area contributed by atoms with Crippen LogP contribution < -0.4 is 10.3 Å². The molecule has 2 aromatic rings. The van der Waals surface area contributed by atoms with Crippen molar-refractivity contribution in [2.75, 3.05) is 18.5 Å². The quantitative estimate of drug-likeness (QED) is 0.635. The number of hydrazine groups is 1. The Labute approximate surface area is 158 Å². The van der Waals surface area contributed by atoms with Gasteiger partial charge in [0.15, 0.2) is 0 Å². The van der Waals surface area contributed by atoms with Gasteiger partial charge in [0.2, 0.25) is 10.0 Å². The van der Waals surface area contributed by atoms with Gasteiger partial charge < -0.3 is 0 Å². The van der Waals surface area contributed by atoms with E-state index < -0.39 is 20.0 Å². The van der Waals surface area contributed by atoms with Crippen molar-refractivity contribution in [3.05, 3.63) is 47.6 Å². The molecule has 8 nitrogen and oxygen atoms in total. The topological polar surface area (TPSA) is 108 Å². The molecule has 1 heterocycles. The molecule has 1 aromatic heterocycles. The lowest BCUT2D eigenvalue weighted by atomic mass is 10.4. The summed E-state index contributed by atoms with van der Waals surface area (Å²) in [5.41, 5.74) is 2.43. The Morgan fingerprint density at radius 1 is 1.04 bits per heavy atom. The summed E-state index contributed by atoms with van der Waals surface area (Å²) < 4.78 is 50.5. The standard InChI is InChI=1S/C15H19ClN4O4S2/c1-3-20(4-2)26(23,24)12-9-10-15(17-11-12)18-19-25(21,22)14-8-6-5-7-13(14)16/h5-11,19H,3-4H2,1-2H3,(H,17,18). The molecule has 0 spiro atoms. The van der Waals surface area contributed by atoms with E-state index in [4.69, 9.17) is 11.6 Å². The van der Waals surface area contributed by atoms with Crippen molar-refractivity contribution in [3.8, 4) is 0 Å². The first-order valence-electron chi connectivity index (χ1n) is 7.71. The van der Waals surface area contributed by atoms with Gasteiger partial charge in [0.25, 0.3) is 10.0 Å². The Morgan fingerprint density at radius 3 is 2.23 bits per heavy atom. The molecular weight excluding hydrogens is 400 g/mol. The van der Waals surface area contributed by atoms with Crippen LogP contribution in [-0.4, -0.2) is 39.2 Å². The average Bonchev–Trinajstić information content (AvgIpc) is 2.61. The van der Waals surface area contributed by atoms with Crippen molar-refractivity contribution in [3.63, 3.8) is 0 Å². The summed E-state index contributed by atoms with van der Waals surface area (Å²) in [4.78, 5) is 6.03. The Balaban J connectivity index is 2.14. The summed E-state index contributed by atoms with van der Waals surface area (Å²) in [6.07, 6.45) is 1.17. The van der Waals surface area contributed by atoms with E-state index in [1.807, 2.05) is 0 Å². The first-order chi connectivity index (χ1) is 12.2. The Hall–Kier alpha value is -1.72. The zero-order valence-electron chi connectivity index (χ0n) is 14.2. The van der Waals surface area contributed by atoms with Crippen LogP contribution in [0.15, 0.2) is 52.4 Å². The van der Waals surface area contributed by atoms with Gasteiger partial charge in [0.1, 0.15) is 15.6 Å². The monoisotopic (exact) mass is 418 g/mol. The van der Waals surface area contributed by atoms with Crippen LogP contribution in [0.3, 0.4) is 0 Å². The molecule has 0 fully saturated rings. The maximum Gasteiger partial charge on any atom is 0.258 e. The van der Waals surface area contributed by atoms with Crippen LogP contribution in [-0.2, 0) is 20.0 Å². The van der Waals surface area contributed by atoms with Gasteiger partial charge in [-0.3, -0.25) is 5.43 Å². The number of sulfonamides is 2. The summed E-state index contributed by atoms with van der Waals surface area (Å²) in [7, 11) is -7.53. The number of rotatable bonds is 8. The lowest BCUT2D eigenvalue weighted by Crippen LogP contribution is -2.31. The maximum atomic E-state index is 12.4. The second kappa shape index (κ2) is 8.31. The van der Waals surface area contributed by atoms with Crippen molar-refractivity contribution >= 4 is 37.5 Å². The Bertz CT molecular complexity index is 959. The van der Waals surface area contributed by atoms with Crippen LogP contribution in [0.2, 0.25) is 5.02 Å². The molecule has 1 aromatic carbocycles. The van der Waals surface area contributed by atoms with E-state index in [0.29, 0.717) is 13.1 Å². The summed E-state index contributed by atoms with van der Waals surface area (Å²) in [6.45, 7) is 4.18. The highest BCUT2D eigenvalue weighted by Crippen LogP contribution is 2.20. The molecule has 0 saturated carbocycles. The molecule has 0 aliphatic heterocycles. The van der Waals surface area contributed by atoms with Gasteiger partial charge in [-0.2, -0.15) is 4.31 Å². The summed E-state index contributed by atoms with van der Waals surface area (Å²) in [5, 5.41) is 0.0791. The van der Waals surface area contributed by atoms with Crippen molar-refractivity contribution in [2.45, 2.75) is 23.6 Å². The third-order valence-corrected chi connectivity index (χ3v) is 7.30. The van der Waals surface area contributed by atoms with Crippen molar-refractivity contribution in [1.82, 2.24) is 14.1 Å². The maximum absolute atomic E-state index is 12.4. The highest BCUT2D eigenvalue weighted by atomic mass is 35.5. The van der Waals surface area contributed by atoms with E-state index in [0.717, 1.165) is 0 Å². The first-order valence-corrected chi connectivity index (χ1v) is 11.0. The lowest BCUT2D eigenvalue weighted by molar-refractivity contribution is 0.445. The van der Waals surface area contributed by atoms with E-state index in [1.165, 1.54) is 34.8 Å². The van der Waals surface area contributed by atoms with E-state index >= 15 is 0 Å².